The highest BCUT2D eigenvalue weighted by Crippen LogP contribution is 2.43. The zero-order chi connectivity index (χ0) is 19.6. The van der Waals surface area contributed by atoms with E-state index in [4.69, 9.17) is 0 Å². The Morgan fingerprint density at radius 1 is 0.808 bits per heavy atom. The van der Waals surface area contributed by atoms with Gasteiger partial charge in [-0.2, -0.15) is 0 Å². The molecule has 0 aliphatic heterocycles. The van der Waals surface area contributed by atoms with Gasteiger partial charge in [0.05, 0.1) is 0 Å². The summed E-state index contributed by atoms with van der Waals surface area (Å²) < 4.78 is 0. The first-order chi connectivity index (χ1) is 12.2. The van der Waals surface area contributed by atoms with Gasteiger partial charge in [-0.25, -0.2) is 0 Å². The molecule has 0 radical (unpaired) electrons. The second-order valence-electron chi connectivity index (χ2n) is 8.86. The lowest BCUT2D eigenvalue weighted by Crippen LogP contribution is -2.15. The second-order valence-corrected chi connectivity index (χ2v) is 8.86. The van der Waals surface area contributed by atoms with E-state index in [0.717, 1.165) is 57.8 Å². The Morgan fingerprint density at radius 3 is 1.62 bits per heavy atom. The molecule has 1 rings (SSSR count). The van der Waals surface area contributed by atoms with Crippen LogP contribution in [0.2, 0.25) is 0 Å². The van der Waals surface area contributed by atoms with Gasteiger partial charge in [0.1, 0.15) is 5.78 Å². The first-order valence-corrected chi connectivity index (χ1v) is 10.3. The van der Waals surface area contributed by atoms with Crippen LogP contribution in [0.15, 0.2) is 46.6 Å². The number of hydrogen-bond acceptors (Lipinski definition) is 1. The summed E-state index contributed by atoms with van der Waals surface area (Å²) in [4.78, 5) is 12.0. The maximum absolute atomic E-state index is 12.0. The first kappa shape index (κ1) is 22.7. The summed E-state index contributed by atoms with van der Waals surface area (Å²) in [6.45, 7) is 13.1. The lowest BCUT2D eigenvalue weighted by atomic mass is 9.78. The standard InChI is InChI=1S/C25H40O/c1-20(2)9-7-11-22(5)13-16-25(18-15-24(26)19-25)17-14-23(6)12-8-10-21(3)4/h9-10,13-14H,7-8,11-12,15-19H2,1-6H3/b22-13+,23-14+. The minimum absolute atomic E-state index is 0.173. The first-order valence-electron chi connectivity index (χ1n) is 10.3. The van der Waals surface area contributed by atoms with Crippen molar-refractivity contribution in [3.05, 3.63) is 46.6 Å². The second kappa shape index (κ2) is 11.4. The van der Waals surface area contributed by atoms with Crippen LogP contribution >= 0.6 is 0 Å². The van der Waals surface area contributed by atoms with Gasteiger partial charge in [0, 0.05) is 12.8 Å². The number of carbonyl (C=O) groups is 1. The topological polar surface area (TPSA) is 17.1 Å². The van der Waals surface area contributed by atoms with E-state index < -0.39 is 0 Å². The lowest BCUT2D eigenvalue weighted by Gasteiger charge is -2.26. The molecule has 1 fully saturated rings. The van der Waals surface area contributed by atoms with Gasteiger partial charge in [0.2, 0.25) is 0 Å². The van der Waals surface area contributed by atoms with Gasteiger partial charge in [-0.05, 0) is 91.9 Å². The number of Topliss-reactive ketones (excluding diaryl/α,β-unsaturated/α-hetero) is 1. The number of hydrogen-bond donors (Lipinski definition) is 0. The number of rotatable bonds is 10. The van der Waals surface area contributed by atoms with Crippen molar-refractivity contribution in [2.24, 2.45) is 5.41 Å². The van der Waals surface area contributed by atoms with E-state index in [9.17, 15) is 4.79 Å². The minimum atomic E-state index is 0.173. The van der Waals surface area contributed by atoms with Gasteiger partial charge < -0.3 is 0 Å². The van der Waals surface area contributed by atoms with Crippen molar-refractivity contribution < 1.29 is 4.79 Å². The van der Waals surface area contributed by atoms with Gasteiger partial charge >= 0.3 is 0 Å². The van der Waals surface area contributed by atoms with Crippen molar-refractivity contribution in [2.45, 2.75) is 99.3 Å². The molecular weight excluding hydrogens is 316 g/mol. The number of carbonyl (C=O) groups excluding carboxylic acids is 1. The molecule has 0 aromatic carbocycles. The Labute approximate surface area is 162 Å². The van der Waals surface area contributed by atoms with Gasteiger partial charge in [-0.15, -0.1) is 0 Å². The van der Waals surface area contributed by atoms with E-state index >= 15 is 0 Å². The normalized spacial score (nSPS) is 21.1. The van der Waals surface area contributed by atoms with Crippen molar-refractivity contribution in [2.75, 3.05) is 0 Å². The molecule has 26 heavy (non-hydrogen) atoms. The third-order valence-corrected chi connectivity index (χ3v) is 5.46. The van der Waals surface area contributed by atoms with E-state index in [2.05, 4.69) is 65.8 Å². The Balaban J connectivity index is 2.65. The smallest absolute Gasteiger partial charge is 0.133 e. The van der Waals surface area contributed by atoms with Gasteiger partial charge in [-0.1, -0.05) is 46.6 Å². The summed E-state index contributed by atoms with van der Waals surface area (Å²) in [7, 11) is 0. The van der Waals surface area contributed by atoms with Crippen LogP contribution in [0.5, 0.6) is 0 Å². The minimum Gasteiger partial charge on any atom is -0.300 e. The quantitative estimate of drug-likeness (QED) is 0.364. The summed E-state index contributed by atoms with van der Waals surface area (Å²) >= 11 is 0. The highest BCUT2D eigenvalue weighted by atomic mass is 16.1. The van der Waals surface area contributed by atoms with Gasteiger partial charge in [-0.3, -0.25) is 4.79 Å². The van der Waals surface area contributed by atoms with Crippen LogP contribution in [0.4, 0.5) is 0 Å². The predicted molar refractivity (Wildman–Crippen MR) is 115 cm³/mol. The highest BCUT2D eigenvalue weighted by molar-refractivity contribution is 5.81. The summed E-state index contributed by atoms with van der Waals surface area (Å²) in [5.74, 6) is 0.455. The molecule has 1 aliphatic carbocycles. The van der Waals surface area contributed by atoms with Crippen molar-refractivity contribution >= 4 is 5.78 Å². The summed E-state index contributed by atoms with van der Waals surface area (Å²) in [6, 6.07) is 0. The van der Waals surface area contributed by atoms with Crippen LogP contribution in [0, 0.1) is 5.41 Å². The van der Waals surface area contributed by atoms with E-state index in [1.165, 1.54) is 22.3 Å². The lowest BCUT2D eigenvalue weighted by molar-refractivity contribution is -0.118. The number of ketones is 1. The van der Waals surface area contributed by atoms with Crippen molar-refractivity contribution in [1.29, 1.82) is 0 Å². The van der Waals surface area contributed by atoms with Crippen molar-refractivity contribution in [3.63, 3.8) is 0 Å². The van der Waals surface area contributed by atoms with Crippen LogP contribution in [0.25, 0.3) is 0 Å². The molecule has 0 saturated heterocycles. The Hall–Kier alpha value is -1.37. The molecule has 146 valence electrons. The van der Waals surface area contributed by atoms with E-state index in [0.29, 0.717) is 5.78 Å². The Bertz CT molecular complexity index is 535. The maximum atomic E-state index is 12.0. The average molecular weight is 357 g/mol. The maximum Gasteiger partial charge on any atom is 0.133 e. The fourth-order valence-electron chi connectivity index (χ4n) is 3.59. The van der Waals surface area contributed by atoms with Gasteiger partial charge in [0.15, 0.2) is 0 Å². The molecule has 0 heterocycles. The third kappa shape index (κ3) is 9.36. The van der Waals surface area contributed by atoms with Crippen LogP contribution in [-0.4, -0.2) is 5.78 Å². The molecule has 0 N–H and O–H groups in total. The van der Waals surface area contributed by atoms with Crippen LogP contribution in [0.3, 0.4) is 0 Å². The average Bonchev–Trinajstić information content (AvgIpc) is 2.92. The zero-order valence-electron chi connectivity index (χ0n) is 18.1. The molecule has 0 amide bonds. The molecule has 1 heteroatoms. The molecule has 1 saturated carbocycles. The summed E-state index contributed by atoms with van der Waals surface area (Å²) in [5.41, 5.74) is 5.89. The van der Waals surface area contributed by atoms with Crippen LogP contribution in [-0.2, 0) is 4.79 Å². The molecule has 0 spiro atoms. The molecule has 1 nitrogen and oxygen atoms in total. The molecule has 0 unspecified atom stereocenters. The Kier molecular flexibility index (Phi) is 9.91. The molecule has 0 aromatic heterocycles. The zero-order valence-corrected chi connectivity index (χ0v) is 18.1. The third-order valence-electron chi connectivity index (χ3n) is 5.46. The highest BCUT2D eigenvalue weighted by Gasteiger charge is 2.36. The molecule has 0 aromatic rings. The predicted octanol–water partition coefficient (Wildman–Crippen LogP) is 7.89. The SMILES string of the molecule is CC(C)=CCC/C(C)=C/CC1(C/C=C(\C)CCC=C(C)C)CCC(=O)C1. The molecule has 0 atom stereocenters. The Morgan fingerprint density at radius 2 is 1.27 bits per heavy atom. The van der Waals surface area contributed by atoms with E-state index in [1.54, 1.807) is 0 Å². The fraction of sp³-hybridized carbons (Fsp3) is 0.640. The van der Waals surface area contributed by atoms with Crippen LogP contribution < -0.4 is 0 Å². The molecular formula is C25H40O. The van der Waals surface area contributed by atoms with E-state index in [1.807, 2.05) is 0 Å². The monoisotopic (exact) mass is 356 g/mol. The molecule has 1 aliphatic rings. The van der Waals surface area contributed by atoms with Crippen molar-refractivity contribution in [1.82, 2.24) is 0 Å². The number of allylic oxidation sites excluding steroid dienone is 8. The summed E-state index contributed by atoms with van der Waals surface area (Å²) in [6.07, 6.45) is 18.6. The van der Waals surface area contributed by atoms with Crippen LogP contribution in [0.1, 0.15) is 99.3 Å². The molecule has 0 bridgehead atoms. The summed E-state index contributed by atoms with van der Waals surface area (Å²) in [5, 5.41) is 0. The van der Waals surface area contributed by atoms with Gasteiger partial charge in [0.25, 0.3) is 0 Å². The van der Waals surface area contributed by atoms with Crippen molar-refractivity contribution in [3.8, 4) is 0 Å². The fourth-order valence-corrected chi connectivity index (χ4v) is 3.59. The van der Waals surface area contributed by atoms with E-state index in [-0.39, 0.29) is 5.41 Å². The largest absolute Gasteiger partial charge is 0.300 e.